The van der Waals surface area contributed by atoms with Crippen LogP contribution in [0.3, 0.4) is 0 Å². The number of nitrogens with one attached hydrogen (secondary N) is 1. The van der Waals surface area contributed by atoms with Crippen molar-refractivity contribution in [1.82, 2.24) is 25.0 Å². The number of benzene rings is 1. The number of nitrogens with zero attached hydrogens (tertiary/aromatic N) is 5. The summed E-state index contributed by atoms with van der Waals surface area (Å²) in [6.07, 6.45) is 2.61. The fourth-order valence-electron chi connectivity index (χ4n) is 3.32. The van der Waals surface area contributed by atoms with Gasteiger partial charge >= 0.3 is 0 Å². The lowest BCUT2D eigenvalue weighted by Crippen LogP contribution is -2.14. The lowest BCUT2D eigenvalue weighted by atomic mass is 10.0. The molecule has 7 nitrogen and oxygen atoms in total. The van der Waals surface area contributed by atoms with Gasteiger partial charge in [0, 0.05) is 27.9 Å². The summed E-state index contributed by atoms with van der Waals surface area (Å²) in [5.41, 5.74) is 4.57. The highest BCUT2D eigenvalue weighted by atomic mass is 32.2. The summed E-state index contributed by atoms with van der Waals surface area (Å²) in [6, 6.07) is 8.51. The summed E-state index contributed by atoms with van der Waals surface area (Å²) in [6.45, 7) is 10.6. The van der Waals surface area contributed by atoms with Gasteiger partial charge in [0.2, 0.25) is 11.0 Å². The Bertz CT molecular complexity index is 1270. The molecule has 0 saturated heterocycles. The third-order valence-electron chi connectivity index (χ3n) is 4.93. The average molecular weight is 497 g/mol. The number of thioether (sulfide) groups is 1. The molecule has 0 aliphatic rings. The lowest BCUT2D eigenvalue weighted by Gasteiger charge is -2.10. The predicted octanol–water partition coefficient (Wildman–Crippen LogP) is 5.62. The lowest BCUT2D eigenvalue weighted by molar-refractivity contribution is -0.113. The van der Waals surface area contributed by atoms with Crippen LogP contribution in [0.4, 0.5) is 5.13 Å². The molecule has 0 spiro atoms. The summed E-state index contributed by atoms with van der Waals surface area (Å²) in [5.74, 6) is 0.818. The molecule has 4 aromatic rings. The Kier molecular flexibility index (Phi) is 7.36. The number of aromatic nitrogens is 5. The molecule has 0 bridgehead atoms. The van der Waals surface area contributed by atoms with Gasteiger partial charge in [-0.25, -0.2) is 0 Å². The number of hydrogen-bond donors (Lipinski definition) is 1. The highest BCUT2D eigenvalue weighted by molar-refractivity contribution is 7.99. The van der Waals surface area contributed by atoms with E-state index in [0.29, 0.717) is 16.8 Å². The topological polar surface area (TPSA) is 85.6 Å². The molecule has 0 aliphatic heterocycles. The standard InChI is InChI=1S/C23H24N6OS3/c1-5-11-29-21(17-12-31-15(4)20(17)16-9-7-14(3)8-10-16)26-28-23(29)32-13-18(30)24-22-27-25-19(6-2)33-22/h5,7-10,12H,1,6,11,13H2,2-4H3,(H,24,27,30). The van der Waals surface area contributed by atoms with Gasteiger partial charge < -0.3 is 0 Å². The highest BCUT2D eigenvalue weighted by Crippen LogP contribution is 2.39. The van der Waals surface area contributed by atoms with E-state index in [1.807, 2.05) is 17.6 Å². The van der Waals surface area contributed by atoms with Gasteiger partial charge in [0.25, 0.3) is 0 Å². The van der Waals surface area contributed by atoms with Crippen LogP contribution in [0, 0.1) is 13.8 Å². The molecule has 1 N–H and O–H groups in total. The Hall–Kier alpha value is -2.82. The van der Waals surface area contributed by atoms with E-state index in [1.165, 1.54) is 33.5 Å². The molecule has 0 unspecified atom stereocenters. The minimum absolute atomic E-state index is 0.153. The van der Waals surface area contributed by atoms with E-state index in [0.717, 1.165) is 33.9 Å². The smallest absolute Gasteiger partial charge is 0.236 e. The van der Waals surface area contributed by atoms with Crippen LogP contribution in [0.5, 0.6) is 0 Å². The largest absolute Gasteiger partial charge is 0.300 e. The highest BCUT2D eigenvalue weighted by Gasteiger charge is 2.21. The molecule has 0 saturated carbocycles. The molecular formula is C23H24N6OS3. The third kappa shape index (κ3) is 5.23. The van der Waals surface area contributed by atoms with Gasteiger partial charge in [-0.3, -0.25) is 14.7 Å². The molecule has 3 aromatic heterocycles. The van der Waals surface area contributed by atoms with Gasteiger partial charge in [-0.2, -0.15) is 0 Å². The number of rotatable bonds is 9. The number of anilines is 1. The third-order valence-corrected chi connectivity index (χ3v) is 7.79. The zero-order valence-electron chi connectivity index (χ0n) is 18.7. The SMILES string of the molecule is C=CCn1c(SCC(=O)Nc2nnc(CC)s2)nnc1-c1csc(C)c1-c1ccc(C)cc1. The van der Waals surface area contributed by atoms with E-state index < -0.39 is 0 Å². The van der Waals surface area contributed by atoms with Crippen molar-refractivity contribution in [1.29, 1.82) is 0 Å². The minimum atomic E-state index is -0.153. The number of aryl methyl sites for hydroxylation is 3. The molecule has 0 fully saturated rings. The maximum absolute atomic E-state index is 12.4. The fraction of sp³-hybridized carbons (Fsp3) is 0.261. The van der Waals surface area contributed by atoms with E-state index in [4.69, 9.17) is 0 Å². The second-order valence-electron chi connectivity index (χ2n) is 7.34. The van der Waals surface area contributed by atoms with E-state index >= 15 is 0 Å². The van der Waals surface area contributed by atoms with Gasteiger partial charge in [0.1, 0.15) is 5.01 Å². The Morgan fingerprint density at radius 3 is 2.67 bits per heavy atom. The van der Waals surface area contributed by atoms with Gasteiger partial charge in [-0.1, -0.05) is 65.9 Å². The number of amides is 1. The van der Waals surface area contributed by atoms with Crippen LogP contribution >= 0.6 is 34.4 Å². The van der Waals surface area contributed by atoms with Crippen molar-refractivity contribution in [2.45, 2.75) is 38.9 Å². The van der Waals surface area contributed by atoms with Crippen molar-refractivity contribution >= 4 is 45.5 Å². The molecule has 0 atom stereocenters. The van der Waals surface area contributed by atoms with Crippen molar-refractivity contribution < 1.29 is 4.79 Å². The van der Waals surface area contributed by atoms with Crippen molar-refractivity contribution in [3.05, 3.63) is 57.7 Å². The Morgan fingerprint density at radius 2 is 1.97 bits per heavy atom. The quantitative estimate of drug-likeness (QED) is 0.239. The number of thiophene rings is 1. The van der Waals surface area contributed by atoms with Gasteiger partial charge in [-0.05, 0) is 25.8 Å². The Morgan fingerprint density at radius 1 is 1.18 bits per heavy atom. The first-order valence-corrected chi connectivity index (χ1v) is 13.1. The zero-order chi connectivity index (χ0) is 23.4. The predicted molar refractivity (Wildman–Crippen MR) is 137 cm³/mol. The molecule has 10 heteroatoms. The molecule has 0 aliphatic carbocycles. The van der Waals surface area contributed by atoms with Gasteiger partial charge in [0.05, 0.1) is 5.75 Å². The molecule has 4 rings (SSSR count). The Labute approximate surface area is 205 Å². The second kappa shape index (κ2) is 10.4. The van der Waals surface area contributed by atoms with Crippen LogP contribution in [0.25, 0.3) is 22.5 Å². The van der Waals surface area contributed by atoms with Gasteiger partial charge in [0.15, 0.2) is 11.0 Å². The molecule has 170 valence electrons. The summed E-state index contributed by atoms with van der Waals surface area (Å²) in [5, 5.41) is 23.9. The minimum Gasteiger partial charge on any atom is -0.300 e. The van der Waals surface area contributed by atoms with Crippen molar-refractivity contribution in [2.75, 3.05) is 11.1 Å². The molecule has 1 aromatic carbocycles. The van der Waals surface area contributed by atoms with Crippen LogP contribution in [0.2, 0.25) is 0 Å². The first-order valence-electron chi connectivity index (χ1n) is 10.4. The number of carbonyl (C=O) groups is 1. The maximum atomic E-state index is 12.4. The van der Waals surface area contributed by atoms with Crippen molar-refractivity contribution in [3.8, 4) is 22.5 Å². The summed E-state index contributed by atoms with van der Waals surface area (Å²) < 4.78 is 2.00. The monoisotopic (exact) mass is 496 g/mol. The average Bonchev–Trinajstić information content (AvgIpc) is 3.52. The van der Waals surface area contributed by atoms with Crippen molar-refractivity contribution in [3.63, 3.8) is 0 Å². The van der Waals surface area contributed by atoms with Crippen LogP contribution in [-0.2, 0) is 17.8 Å². The number of hydrogen-bond acceptors (Lipinski definition) is 8. The summed E-state index contributed by atoms with van der Waals surface area (Å²) in [7, 11) is 0. The molecule has 3 heterocycles. The van der Waals surface area contributed by atoms with E-state index in [1.54, 1.807) is 11.3 Å². The van der Waals surface area contributed by atoms with Gasteiger partial charge in [-0.15, -0.1) is 38.3 Å². The van der Waals surface area contributed by atoms with Crippen LogP contribution in [0.1, 0.15) is 22.4 Å². The van der Waals surface area contributed by atoms with E-state index in [-0.39, 0.29) is 11.7 Å². The molecular weight excluding hydrogens is 472 g/mol. The number of allylic oxidation sites excluding steroid dienone is 1. The van der Waals surface area contributed by atoms with E-state index in [9.17, 15) is 4.79 Å². The molecule has 33 heavy (non-hydrogen) atoms. The van der Waals surface area contributed by atoms with Crippen molar-refractivity contribution in [2.24, 2.45) is 0 Å². The first-order chi connectivity index (χ1) is 16.0. The van der Waals surface area contributed by atoms with Crippen LogP contribution in [0.15, 0.2) is 47.5 Å². The molecule has 1 amide bonds. The van der Waals surface area contributed by atoms with Crippen LogP contribution < -0.4 is 5.32 Å². The fourth-order valence-corrected chi connectivity index (χ4v) is 5.63. The first kappa shape index (κ1) is 23.3. The Balaban J connectivity index is 1.57. The summed E-state index contributed by atoms with van der Waals surface area (Å²) in [4.78, 5) is 13.7. The van der Waals surface area contributed by atoms with Crippen LogP contribution in [-0.4, -0.2) is 36.6 Å². The second-order valence-corrected chi connectivity index (χ2v) is 10.4. The maximum Gasteiger partial charge on any atom is 0.236 e. The van der Waals surface area contributed by atoms with E-state index in [2.05, 4.69) is 75.8 Å². The normalized spacial score (nSPS) is 11.0. The number of carbonyl (C=O) groups excluding carboxylic acids is 1. The summed E-state index contributed by atoms with van der Waals surface area (Å²) >= 11 is 4.43. The molecule has 0 radical (unpaired) electrons. The zero-order valence-corrected chi connectivity index (χ0v) is 21.1.